The fraction of sp³-hybridized carbons (Fsp3) is 0.385. The number of urea groups is 1. The average Bonchev–Trinajstić information content (AvgIpc) is 2.29. The summed E-state index contributed by atoms with van der Waals surface area (Å²) < 4.78 is 0. The Kier molecular flexibility index (Phi) is 3.13. The van der Waals surface area contributed by atoms with Gasteiger partial charge >= 0.3 is 6.03 Å². The van der Waals surface area contributed by atoms with Crippen LogP contribution in [0.4, 0.5) is 4.79 Å². The van der Waals surface area contributed by atoms with Crippen molar-refractivity contribution in [2.24, 2.45) is 5.92 Å². The zero-order valence-corrected chi connectivity index (χ0v) is 10.1. The number of carbonyl (C=O) groups excluding carboxylic acids is 2. The number of aryl methyl sites for hydroxylation is 1. The summed E-state index contributed by atoms with van der Waals surface area (Å²) in [7, 11) is 0. The minimum atomic E-state index is -0.295. The maximum Gasteiger partial charge on any atom is 0.324 e. The van der Waals surface area contributed by atoms with Crippen LogP contribution in [0.15, 0.2) is 24.3 Å². The summed E-state index contributed by atoms with van der Waals surface area (Å²) in [5.74, 6) is -0.326. The quantitative estimate of drug-likeness (QED) is 0.843. The third-order valence-corrected chi connectivity index (χ3v) is 3.08. The van der Waals surface area contributed by atoms with Crippen LogP contribution in [0.3, 0.4) is 0 Å². The van der Waals surface area contributed by atoms with Crippen molar-refractivity contribution in [3.05, 3.63) is 35.4 Å². The van der Waals surface area contributed by atoms with E-state index in [0.29, 0.717) is 13.1 Å². The van der Waals surface area contributed by atoms with Gasteiger partial charge in [-0.2, -0.15) is 0 Å². The van der Waals surface area contributed by atoms with Gasteiger partial charge in [0.2, 0.25) is 5.91 Å². The Morgan fingerprint density at radius 2 is 2.06 bits per heavy atom. The lowest BCUT2D eigenvalue weighted by Crippen LogP contribution is -2.53. The van der Waals surface area contributed by atoms with E-state index in [1.165, 1.54) is 0 Å². The van der Waals surface area contributed by atoms with Crippen molar-refractivity contribution < 1.29 is 9.59 Å². The molecule has 1 heterocycles. The first-order valence-electron chi connectivity index (χ1n) is 5.72. The van der Waals surface area contributed by atoms with Gasteiger partial charge in [-0.3, -0.25) is 10.1 Å². The third kappa shape index (κ3) is 2.46. The van der Waals surface area contributed by atoms with Crippen molar-refractivity contribution >= 4 is 11.9 Å². The number of amides is 3. The lowest BCUT2D eigenvalue weighted by atomic mass is 10.1. The Hall–Kier alpha value is -1.84. The van der Waals surface area contributed by atoms with Crippen LogP contribution in [0.5, 0.6) is 0 Å². The topological polar surface area (TPSA) is 49.4 Å². The highest BCUT2D eigenvalue weighted by Gasteiger charge is 2.28. The molecule has 2 rings (SSSR count). The zero-order valence-electron chi connectivity index (χ0n) is 10.1. The molecule has 1 fully saturated rings. The Labute approximate surface area is 101 Å². The second kappa shape index (κ2) is 4.57. The highest BCUT2D eigenvalue weighted by molar-refractivity contribution is 5.97. The van der Waals surface area contributed by atoms with Crippen LogP contribution in [0.25, 0.3) is 0 Å². The van der Waals surface area contributed by atoms with E-state index in [1.807, 2.05) is 38.1 Å². The third-order valence-electron chi connectivity index (χ3n) is 3.08. The maximum absolute atomic E-state index is 11.7. The van der Waals surface area contributed by atoms with E-state index >= 15 is 0 Å². The van der Waals surface area contributed by atoms with Crippen LogP contribution >= 0.6 is 0 Å². The normalized spacial score (nSPS) is 20.4. The van der Waals surface area contributed by atoms with Crippen molar-refractivity contribution in [3.8, 4) is 0 Å². The average molecular weight is 232 g/mol. The molecule has 90 valence electrons. The predicted octanol–water partition coefficient (Wildman–Crippen LogP) is 1.68. The molecule has 0 radical (unpaired) electrons. The molecule has 1 aromatic rings. The molecule has 0 saturated carbocycles. The van der Waals surface area contributed by atoms with E-state index < -0.39 is 0 Å². The minimum Gasteiger partial charge on any atom is -0.319 e. The molecule has 17 heavy (non-hydrogen) atoms. The van der Waals surface area contributed by atoms with Crippen molar-refractivity contribution in [2.75, 3.05) is 6.54 Å². The molecule has 0 aliphatic carbocycles. The van der Waals surface area contributed by atoms with Gasteiger partial charge in [0.25, 0.3) is 0 Å². The molecule has 0 bridgehead atoms. The Morgan fingerprint density at radius 3 is 2.76 bits per heavy atom. The van der Waals surface area contributed by atoms with Gasteiger partial charge in [0.05, 0.1) is 5.92 Å². The van der Waals surface area contributed by atoms with E-state index in [2.05, 4.69) is 5.32 Å². The number of imide groups is 1. The summed E-state index contributed by atoms with van der Waals surface area (Å²) in [5.41, 5.74) is 2.27. The molecule has 1 atom stereocenters. The van der Waals surface area contributed by atoms with Gasteiger partial charge in [0, 0.05) is 13.1 Å². The highest BCUT2D eigenvalue weighted by atomic mass is 16.2. The molecule has 4 heteroatoms. The van der Waals surface area contributed by atoms with Gasteiger partial charge in [0.1, 0.15) is 0 Å². The van der Waals surface area contributed by atoms with Crippen LogP contribution in [0.1, 0.15) is 18.1 Å². The molecule has 1 aliphatic rings. The lowest BCUT2D eigenvalue weighted by molar-refractivity contribution is -0.125. The summed E-state index contributed by atoms with van der Waals surface area (Å²) in [6.45, 7) is 4.88. The van der Waals surface area contributed by atoms with E-state index in [-0.39, 0.29) is 17.9 Å². The summed E-state index contributed by atoms with van der Waals surface area (Å²) in [6, 6.07) is 7.66. The molecule has 3 amide bonds. The van der Waals surface area contributed by atoms with Gasteiger partial charge in [-0.15, -0.1) is 0 Å². The van der Waals surface area contributed by atoms with Crippen LogP contribution in [-0.4, -0.2) is 23.4 Å². The monoisotopic (exact) mass is 232 g/mol. The van der Waals surface area contributed by atoms with E-state index in [4.69, 9.17) is 0 Å². The summed E-state index contributed by atoms with van der Waals surface area (Å²) >= 11 is 0. The highest BCUT2D eigenvalue weighted by Crippen LogP contribution is 2.14. The number of carbonyl (C=O) groups is 2. The Morgan fingerprint density at radius 1 is 1.35 bits per heavy atom. The van der Waals surface area contributed by atoms with Gasteiger partial charge < -0.3 is 4.90 Å². The van der Waals surface area contributed by atoms with Gasteiger partial charge in [-0.05, 0) is 18.1 Å². The van der Waals surface area contributed by atoms with Crippen molar-refractivity contribution in [3.63, 3.8) is 0 Å². The smallest absolute Gasteiger partial charge is 0.319 e. The summed E-state index contributed by atoms with van der Waals surface area (Å²) in [5, 5.41) is 2.37. The second-order valence-corrected chi connectivity index (χ2v) is 4.50. The fourth-order valence-corrected chi connectivity index (χ4v) is 1.93. The molecule has 1 aromatic carbocycles. The first-order chi connectivity index (χ1) is 8.08. The molecule has 1 saturated heterocycles. The van der Waals surface area contributed by atoms with Crippen molar-refractivity contribution in [1.29, 1.82) is 0 Å². The number of nitrogens with one attached hydrogen (secondary N) is 1. The SMILES string of the molecule is Cc1ccccc1CN1CC(C)C(=O)NC1=O. The number of hydrogen-bond donors (Lipinski definition) is 1. The molecule has 1 N–H and O–H groups in total. The van der Waals surface area contributed by atoms with E-state index in [0.717, 1.165) is 11.1 Å². The molecule has 4 nitrogen and oxygen atoms in total. The molecule has 1 aliphatic heterocycles. The number of benzene rings is 1. The van der Waals surface area contributed by atoms with Crippen LogP contribution < -0.4 is 5.32 Å². The van der Waals surface area contributed by atoms with Gasteiger partial charge in [0.15, 0.2) is 0 Å². The van der Waals surface area contributed by atoms with Gasteiger partial charge in [-0.1, -0.05) is 31.2 Å². The Balaban J connectivity index is 2.11. The minimum absolute atomic E-state index is 0.142. The number of hydrogen-bond acceptors (Lipinski definition) is 2. The first-order valence-corrected chi connectivity index (χ1v) is 5.72. The lowest BCUT2D eigenvalue weighted by Gasteiger charge is -2.30. The van der Waals surface area contributed by atoms with Gasteiger partial charge in [-0.25, -0.2) is 4.79 Å². The van der Waals surface area contributed by atoms with E-state index in [1.54, 1.807) is 4.90 Å². The van der Waals surface area contributed by atoms with E-state index in [9.17, 15) is 9.59 Å². The molecule has 0 spiro atoms. The van der Waals surface area contributed by atoms with Crippen molar-refractivity contribution in [2.45, 2.75) is 20.4 Å². The first kappa shape index (κ1) is 11.6. The fourth-order valence-electron chi connectivity index (χ4n) is 1.93. The molecule has 0 aromatic heterocycles. The molecular weight excluding hydrogens is 216 g/mol. The maximum atomic E-state index is 11.7. The standard InChI is InChI=1S/C13H16N2O2/c1-9-5-3-4-6-11(9)8-15-7-10(2)12(16)14-13(15)17/h3-6,10H,7-8H2,1-2H3,(H,14,16,17). The van der Waals surface area contributed by atoms with Crippen LogP contribution in [-0.2, 0) is 11.3 Å². The largest absolute Gasteiger partial charge is 0.324 e. The number of rotatable bonds is 2. The zero-order chi connectivity index (χ0) is 12.4. The predicted molar refractivity (Wildman–Crippen MR) is 64.3 cm³/mol. The van der Waals surface area contributed by atoms with Crippen LogP contribution in [0, 0.1) is 12.8 Å². The number of nitrogens with zero attached hydrogens (tertiary/aromatic N) is 1. The molecular formula is C13H16N2O2. The summed E-state index contributed by atoms with van der Waals surface area (Å²) in [6.07, 6.45) is 0. The van der Waals surface area contributed by atoms with Crippen LogP contribution in [0.2, 0.25) is 0 Å². The molecule has 1 unspecified atom stereocenters. The Bertz CT molecular complexity index is 456. The second-order valence-electron chi connectivity index (χ2n) is 4.50. The summed E-state index contributed by atoms with van der Waals surface area (Å²) in [4.78, 5) is 24.6. The van der Waals surface area contributed by atoms with Crippen molar-refractivity contribution in [1.82, 2.24) is 10.2 Å².